The van der Waals surface area contributed by atoms with Gasteiger partial charge in [0.05, 0.1) is 11.6 Å². The van der Waals surface area contributed by atoms with Gasteiger partial charge in [0, 0.05) is 43.5 Å². The fourth-order valence-electron chi connectivity index (χ4n) is 5.37. The van der Waals surface area contributed by atoms with Crippen LogP contribution in [0.3, 0.4) is 0 Å². The summed E-state index contributed by atoms with van der Waals surface area (Å²) in [5.74, 6) is 0.839. The van der Waals surface area contributed by atoms with Crippen LogP contribution < -0.4 is 9.80 Å². The lowest BCUT2D eigenvalue weighted by molar-refractivity contribution is -0.111. The van der Waals surface area contributed by atoms with Crippen LogP contribution >= 0.6 is 0 Å². The van der Waals surface area contributed by atoms with Crippen molar-refractivity contribution in [3.63, 3.8) is 0 Å². The van der Waals surface area contributed by atoms with E-state index in [1.165, 1.54) is 24.1 Å². The quantitative estimate of drug-likeness (QED) is 0.597. The second-order valence-electron chi connectivity index (χ2n) is 9.59. The Morgan fingerprint density at radius 2 is 1.41 bits per heavy atom. The van der Waals surface area contributed by atoms with Crippen LogP contribution in [-0.2, 0) is 4.79 Å². The molecule has 1 saturated carbocycles. The molecule has 2 aromatic rings. The molecule has 0 N–H and O–H groups in total. The van der Waals surface area contributed by atoms with Gasteiger partial charge in [0.25, 0.3) is 0 Å². The number of piperidine rings is 2. The molecular formula is C27H30FN3O. The third-order valence-electron chi connectivity index (χ3n) is 7.55. The molecule has 0 amide bonds. The lowest BCUT2D eigenvalue weighted by Gasteiger charge is -2.35. The van der Waals surface area contributed by atoms with Crippen molar-refractivity contribution in [2.24, 2.45) is 5.92 Å². The molecule has 3 fully saturated rings. The van der Waals surface area contributed by atoms with Crippen molar-refractivity contribution < 1.29 is 9.18 Å². The van der Waals surface area contributed by atoms with Crippen LogP contribution in [0.5, 0.6) is 0 Å². The molecule has 2 saturated heterocycles. The number of hydrogen-bond donors (Lipinski definition) is 0. The highest BCUT2D eigenvalue weighted by Gasteiger charge is 2.28. The van der Waals surface area contributed by atoms with E-state index in [-0.39, 0.29) is 17.7 Å². The van der Waals surface area contributed by atoms with E-state index in [1.54, 1.807) is 6.07 Å². The molecule has 4 nitrogen and oxygen atoms in total. The third kappa shape index (κ3) is 4.24. The number of nitriles is 1. The highest BCUT2D eigenvalue weighted by atomic mass is 19.1. The van der Waals surface area contributed by atoms with E-state index < -0.39 is 0 Å². The van der Waals surface area contributed by atoms with Crippen molar-refractivity contribution in [3.05, 3.63) is 58.9 Å². The molecule has 0 aromatic heterocycles. The SMILES string of the molecule is N#Cc1ccc(N2CCC(c3ccc(N4CCC(C=O)CC4)cc3F)CC2)cc1C1CC1. The number of nitrogens with zero attached hydrogens (tertiary/aromatic N) is 3. The molecule has 0 radical (unpaired) electrons. The molecule has 0 unspecified atom stereocenters. The summed E-state index contributed by atoms with van der Waals surface area (Å²) in [6.45, 7) is 3.43. The van der Waals surface area contributed by atoms with Gasteiger partial charge in [0.1, 0.15) is 12.1 Å². The minimum Gasteiger partial charge on any atom is -0.371 e. The molecule has 5 rings (SSSR count). The number of halogens is 1. The Morgan fingerprint density at radius 1 is 0.812 bits per heavy atom. The molecule has 1 aliphatic carbocycles. The zero-order valence-corrected chi connectivity index (χ0v) is 18.5. The van der Waals surface area contributed by atoms with Crippen molar-refractivity contribution in [2.75, 3.05) is 36.0 Å². The molecule has 5 heteroatoms. The minimum atomic E-state index is -0.104. The molecule has 166 valence electrons. The lowest BCUT2D eigenvalue weighted by atomic mass is 9.88. The van der Waals surface area contributed by atoms with E-state index in [0.717, 1.165) is 75.0 Å². The van der Waals surface area contributed by atoms with E-state index in [9.17, 15) is 10.1 Å². The van der Waals surface area contributed by atoms with Gasteiger partial charge in [-0.3, -0.25) is 0 Å². The second kappa shape index (κ2) is 8.94. The fourth-order valence-corrected chi connectivity index (χ4v) is 5.37. The van der Waals surface area contributed by atoms with Crippen LogP contribution in [0.1, 0.15) is 67.1 Å². The van der Waals surface area contributed by atoms with Gasteiger partial charge < -0.3 is 14.6 Å². The highest BCUT2D eigenvalue weighted by Crippen LogP contribution is 2.43. The molecule has 2 aliphatic heterocycles. The monoisotopic (exact) mass is 431 g/mol. The van der Waals surface area contributed by atoms with Gasteiger partial charge >= 0.3 is 0 Å². The summed E-state index contributed by atoms with van der Waals surface area (Å²) in [6.07, 6.45) is 6.99. The van der Waals surface area contributed by atoms with Crippen LogP contribution in [0.4, 0.5) is 15.8 Å². The van der Waals surface area contributed by atoms with Gasteiger partial charge in [-0.2, -0.15) is 5.26 Å². The first-order valence-corrected chi connectivity index (χ1v) is 11.9. The number of hydrogen-bond acceptors (Lipinski definition) is 4. The van der Waals surface area contributed by atoms with Gasteiger partial charge in [-0.1, -0.05) is 6.07 Å². The molecule has 0 bridgehead atoms. The first kappa shape index (κ1) is 21.0. The molecule has 2 heterocycles. The fraction of sp³-hybridized carbons (Fsp3) is 0.481. The largest absolute Gasteiger partial charge is 0.371 e. The van der Waals surface area contributed by atoms with Gasteiger partial charge in [0.15, 0.2) is 0 Å². The Kier molecular flexibility index (Phi) is 5.87. The molecule has 3 aliphatic rings. The van der Waals surface area contributed by atoms with Crippen molar-refractivity contribution in [1.82, 2.24) is 0 Å². The van der Waals surface area contributed by atoms with E-state index in [2.05, 4.69) is 34.1 Å². The second-order valence-corrected chi connectivity index (χ2v) is 9.59. The Morgan fingerprint density at radius 3 is 2.00 bits per heavy atom. The average molecular weight is 432 g/mol. The first-order valence-electron chi connectivity index (χ1n) is 11.9. The average Bonchev–Trinajstić information content (AvgIpc) is 3.69. The van der Waals surface area contributed by atoms with Crippen molar-refractivity contribution in [1.29, 1.82) is 5.26 Å². The van der Waals surface area contributed by atoms with Crippen molar-refractivity contribution in [3.8, 4) is 6.07 Å². The lowest BCUT2D eigenvalue weighted by Crippen LogP contribution is -2.34. The number of carbonyl (C=O) groups is 1. The summed E-state index contributed by atoms with van der Waals surface area (Å²) in [5, 5.41) is 9.39. The highest BCUT2D eigenvalue weighted by molar-refractivity contribution is 5.57. The van der Waals surface area contributed by atoms with E-state index in [4.69, 9.17) is 0 Å². The Labute approximate surface area is 189 Å². The normalized spacial score (nSPS) is 20.2. The van der Waals surface area contributed by atoms with Crippen molar-refractivity contribution >= 4 is 17.7 Å². The summed E-state index contributed by atoms with van der Waals surface area (Å²) in [4.78, 5) is 15.5. The summed E-state index contributed by atoms with van der Waals surface area (Å²) in [5.41, 5.74) is 4.96. The maximum atomic E-state index is 15.1. The number of carbonyl (C=O) groups excluding carboxylic acids is 1. The molecule has 32 heavy (non-hydrogen) atoms. The zero-order valence-electron chi connectivity index (χ0n) is 18.5. The summed E-state index contributed by atoms with van der Waals surface area (Å²) < 4.78 is 15.1. The van der Waals surface area contributed by atoms with E-state index >= 15 is 4.39 Å². The van der Waals surface area contributed by atoms with Gasteiger partial charge in [0.2, 0.25) is 0 Å². The predicted molar refractivity (Wildman–Crippen MR) is 125 cm³/mol. The predicted octanol–water partition coefficient (Wildman–Crippen LogP) is 5.37. The van der Waals surface area contributed by atoms with Crippen LogP contribution in [0.2, 0.25) is 0 Å². The van der Waals surface area contributed by atoms with Gasteiger partial charge in [-0.25, -0.2) is 4.39 Å². The Hall–Kier alpha value is -2.87. The van der Waals surface area contributed by atoms with Gasteiger partial charge in [-0.05, 0) is 91.8 Å². The van der Waals surface area contributed by atoms with Crippen LogP contribution in [-0.4, -0.2) is 32.5 Å². The Balaban J connectivity index is 1.23. The maximum absolute atomic E-state index is 15.1. The number of benzene rings is 2. The van der Waals surface area contributed by atoms with E-state index in [0.29, 0.717) is 5.92 Å². The van der Waals surface area contributed by atoms with Gasteiger partial charge in [-0.15, -0.1) is 0 Å². The smallest absolute Gasteiger partial charge is 0.128 e. The Bertz CT molecular complexity index is 1030. The van der Waals surface area contributed by atoms with Crippen LogP contribution in [0.25, 0.3) is 0 Å². The van der Waals surface area contributed by atoms with Crippen LogP contribution in [0.15, 0.2) is 36.4 Å². The molecule has 0 atom stereocenters. The van der Waals surface area contributed by atoms with E-state index in [1.807, 2.05) is 12.1 Å². The number of anilines is 2. The third-order valence-corrected chi connectivity index (χ3v) is 7.55. The topological polar surface area (TPSA) is 47.3 Å². The number of aldehydes is 1. The minimum absolute atomic E-state index is 0.104. The van der Waals surface area contributed by atoms with Crippen LogP contribution in [0, 0.1) is 23.1 Å². The molecule has 2 aromatic carbocycles. The summed E-state index contributed by atoms with van der Waals surface area (Å²) in [6, 6.07) is 14.3. The first-order chi connectivity index (χ1) is 15.7. The standard InChI is InChI=1S/C27H30FN3O/c28-27-16-24(30-11-7-19(18-32)8-12-30)5-6-25(27)21-9-13-31(14-10-21)23-4-3-22(17-29)26(15-23)20-1-2-20/h3-6,15-16,18-21H,1-2,7-14H2. The van der Waals surface area contributed by atoms with Crippen molar-refractivity contribution in [2.45, 2.75) is 50.4 Å². The summed E-state index contributed by atoms with van der Waals surface area (Å²) in [7, 11) is 0. The zero-order chi connectivity index (χ0) is 22.1. The maximum Gasteiger partial charge on any atom is 0.128 e. The molecular weight excluding hydrogens is 401 g/mol. The summed E-state index contributed by atoms with van der Waals surface area (Å²) >= 11 is 0. The number of rotatable bonds is 5. The molecule has 0 spiro atoms.